The van der Waals surface area contributed by atoms with Crippen molar-refractivity contribution in [2.75, 3.05) is 30.9 Å². The van der Waals surface area contributed by atoms with Gasteiger partial charge in [0.05, 0.1) is 11.4 Å². The quantitative estimate of drug-likeness (QED) is 0.844. The first-order valence-electron chi connectivity index (χ1n) is 4.91. The van der Waals surface area contributed by atoms with Crippen molar-refractivity contribution in [2.45, 2.75) is 6.92 Å². The summed E-state index contributed by atoms with van der Waals surface area (Å²) >= 11 is 5.61. The highest BCUT2D eigenvalue weighted by Crippen LogP contribution is 2.23. The van der Waals surface area contributed by atoms with E-state index >= 15 is 0 Å². The van der Waals surface area contributed by atoms with E-state index in [9.17, 15) is 0 Å². The van der Waals surface area contributed by atoms with Gasteiger partial charge in [0.2, 0.25) is 0 Å². The van der Waals surface area contributed by atoms with Crippen LogP contribution in [-0.4, -0.2) is 20.6 Å². The largest absolute Gasteiger partial charge is 0.380 e. The Labute approximate surface area is 96.5 Å². The average Bonchev–Trinajstić information content (AvgIpc) is 2.26. The highest BCUT2D eigenvalue weighted by Gasteiger charge is 2.02. The molecule has 0 bridgehead atoms. The van der Waals surface area contributed by atoms with Gasteiger partial charge in [0.15, 0.2) is 0 Å². The van der Waals surface area contributed by atoms with Crippen LogP contribution in [0.1, 0.15) is 6.92 Å². The summed E-state index contributed by atoms with van der Waals surface area (Å²) in [6.45, 7) is 2.77. The summed E-state index contributed by atoms with van der Waals surface area (Å²) in [6.07, 6.45) is 0. The molecule has 0 aliphatic rings. The van der Waals surface area contributed by atoms with Gasteiger partial charge >= 0.3 is 0 Å². The Bertz CT molecular complexity index is 345. The summed E-state index contributed by atoms with van der Waals surface area (Å²) in [7, 11) is 4.06. The van der Waals surface area contributed by atoms with Crippen LogP contribution in [-0.2, 0) is 0 Å². The molecule has 0 spiro atoms. The number of hydrogen-bond donors (Lipinski definition) is 1. The molecular formula is C12H17ClN2. The zero-order valence-electron chi connectivity index (χ0n) is 9.42. The third-order valence-electron chi connectivity index (χ3n) is 2.13. The molecule has 0 aromatic heterocycles. The van der Waals surface area contributed by atoms with Crippen LogP contribution in [0.25, 0.3) is 0 Å². The van der Waals surface area contributed by atoms with E-state index in [4.69, 9.17) is 11.6 Å². The number of nitrogens with one attached hydrogen (secondary N) is 1. The van der Waals surface area contributed by atoms with Crippen molar-refractivity contribution < 1.29 is 0 Å². The second-order valence-corrected chi connectivity index (χ2v) is 3.94. The van der Waals surface area contributed by atoms with E-state index in [2.05, 4.69) is 22.3 Å². The van der Waals surface area contributed by atoms with Crippen molar-refractivity contribution in [3.8, 4) is 0 Å². The maximum Gasteiger partial charge on any atom is 0.0596 e. The first kappa shape index (κ1) is 11.9. The molecule has 1 N–H and O–H groups in total. The summed E-state index contributed by atoms with van der Waals surface area (Å²) < 4.78 is 0. The minimum absolute atomic E-state index is 0.772. The molecule has 0 fully saturated rings. The topological polar surface area (TPSA) is 15.3 Å². The molecule has 0 radical (unpaired) electrons. The maximum atomic E-state index is 5.61. The number of anilines is 2. The van der Waals surface area contributed by atoms with Gasteiger partial charge in [-0.25, -0.2) is 0 Å². The fourth-order valence-corrected chi connectivity index (χ4v) is 1.36. The fourth-order valence-electron chi connectivity index (χ4n) is 1.29. The monoisotopic (exact) mass is 224 g/mol. The lowest BCUT2D eigenvalue weighted by molar-refractivity contribution is 1.12. The van der Waals surface area contributed by atoms with Crippen molar-refractivity contribution >= 4 is 23.0 Å². The molecule has 0 saturated carbocycles. The van der Waals surface area contributed by atoms with Crippen LogP contribution in [0.5, 0.6) is 0 Å². The van der Waals surface area contributed by atoms with E-state index in [1.54, 1.807) is 5.54 Å². The Morgan fingerprint density at radius 3 is 2.67 bits per heavy atom. The highest BCUT2D eigenvalue weighted by molar-refractivity contribution is 6.25. The molecule has 2 nitrogen and oxygen atoms in total. The number of para-hydroxylation sites is 2. The molecular weight excluding hydrogens is 208 g/mol. The van der Waals surface area contributed by atoms with Gasteiger partial charge in [0.1, 0.15) is 0 Å². The third kappa shape index (κ3) is 3.48. The number of rotatable bonds is 4. The molecule has 0 atom stereocenters. The van der Waals surface area contributed by atoms with Crippen LogP contribution >= 0.6 is 11.6 Å². The van der Waals surface area contributed by atoms with E-state index < -0.39 is 0 Å². The van der Waals surface area contributed by atoms with Gasteiger partial charge in [-0.3, -0.25) is 0 Å². The lowest BCUT2D eigenvalue weighted by Crippen LogP contribution is -2.12. The molecule has 1 rings (SSSR count). The molecule has 1 aromatic rings. The normalized spacial score (nSPS) is 11.3. The Hall–Kier alpha value is -1.15. The zero-order chi connectivity index (χ0) is 11.3. The fraction of sp³-hybridized carbons (Fsp3) is 0.333. The average molecular weight is 225 g/mol. The first-order chi connectivity index (χ1) is 7.15. The minimum Gasteiger partial charge on any atom is -0.380 e. The lowest BCUT2D eigenvalue weighted by atomic mass is 10.2. The molecule has 15 heavy (non-hydrogen) atoms. The van der Waals surface area contributed by atoms with Crippen LogP contribution in [0.4, 0.5) is 11.4 Å². The van der Waals surface area contributed by atoms with E-state index in [1.807, 2.05) is 33.2 Å². The van der Waals surface area contributed by atoms with Crippen molar-refractivity contribution in [1.82, 2.24) is 0 Å². The summed E-state index contributed by atoms with van der Waals surface area (Å²) in [4.78, 5) is 2.09. The maximum absolute atomic E-state index is 5.61. The zero-order valence-corrected chi connectivity index (χ0v) is 10.2. The van der Waals surface area contributed by atoms with Gasteiger partial charge < -0.3 is 10.2 Å². The molecule has 0 aliphatic heterocycles. The van der Waals surface area contributed by atoms with Crippen LogP contribution in [0.15, 0.2) is 35.4 Å². The van der Waals surface area contributed by atoms with Crippen molar-refractivity contribution in [3.63, 3.8) is 0 Å². The van der Waals surface area contributed by atoms with Gasteiger partial charge in [-0.15, -0.1) is 0 Å². The molecule has 3 heteroatoms. The SMILES string of the molecule is C/C(=C\Cl)CNc1ccccc1N(C)C. The Morgan fingerprint density at radius 2 is 2.07 bits per heavy atom. The summed E-state index contributed by atoms with van der Waals surface area (Å²) in [5, 5.41) is 3.35. The second kappa shape index (κ2) is 5.66. The molecule has 0 amide bonds. The molecule has 0 unspecified atom stereocenters. The second-order valence-electron chi connectivity index (χ2n) is 3.72. The van der Waals surface area contributed by atoms with E-state index in [0.717, 1.165) is 17.8 Å². The van der Waals surface area contributed by atoms with Gasteiger partial charge in [-0.05, 0) is 24.6 Å². The van der Waals surface area contributed by atoms with Gasteiger partial charge in [0, 0.05) is 26.2 Å². The molecule has 82 valence electrons. The standard InChI is InChI=1S/C12H17ClN2/c1-10(8-13)9-14-11-6-4-5-7-12(11)15(2)3/h4-8,14H,9H2,1-3H3/b10-8+. The van der Waals surface area contributed by atoms with E-state index in [-0.39, 0.29) is 0 Å². The Kier molecular flexibility index (Phi) is 4.50. The van der Waals surface area contributed by atoms with Crippen molar-refractivity contribution in [1.29, 1.82) is 0 Å². The van der Waals surface area contributed by atoms with Crippen molar-refractivity contribution in [3.05, 3.63) is 35.4 Å². The first-order valence-corrected chi connectivity index (χ1v) is 5.35. The van der Waals surface area contributed by atoms with Crippen LogP contribution in [0.2, 0.25) is 0 Å². The highest BCUT2D eigenvalue weighted by atomic mass is 35.5. The number of nitrogens with zero attached hydrogens (tertiary/aromatic N) is 1. The van der Waals surface area contributed by atoms with Gasteiger partial charge in [-0.2, -0.15) is 0 Å². The summed E-state index contributed by atoms with van der Waals surface area (Å²) in [5.41, 5.74) is 5.02. The Balaban J connectivity index is 2.76. The smallest absolute Gasteiger partial charge is 0.0596 e. The number of halogens is 1. The van der Waals surface area contributed by atoms with Gasteiger partial charge in [-0.1, -0.05) is 23.7 Å². The lowest BCUT2D eigenvalue weighted by Gasteiger charge is -2.18. The minimum atomic E-state index is 0.772. The van der Waals surface area contributed by atoms with Crippen molar-refractivity contribution in [2.24, 2.45) is 0 Å². The summed E-state index contributed by atoms with van der Waals surface area (Å²) in [5.74, 6) is 0. The van der Waals surface area contributed by atoms with Crippen LogP contribution in [0, 0.1) is 0 Å². The van der Waals surface area contributed by atoms with E-state index in [0.29, 0.717) is 0 Å². The Morgan fingerprint density at radius 1 is 1.40 bits per heavy atom. The predicted molar refractivity (Wildman–Crippen MR) is 68.9 cm³/mol. The van der Waals surface area contributed by atoms with Crippen LogP contribution in [0.3, 0.4) is 0 Å². The molecule has 0 heterocycles. The third-order valence-corrected chi connectivity index (χ3v) is 2.50. The summed E-state index contributed by atoms with van der Waals surface area (Å²) in [6, 6.07) is 8.21. The molecule has 0 saturated heterocycles. The van der Waals surface area contributed by atoms with Crippen LogP contribution < -0.4 is 10.2 Å². The van der Waals surface area contributed by atoms with Gasteiger partial charge in [0.25, 0.3) is 0 Å². The molecule has 0 aliphatic carbocycles. The van der Waals surface area contributed by atoms with E-state index in [1.165, 1.54) is 5.69 Å². The predicted octanol–water partition coefficient (Wildman–Crippen LogP) is 3.31. The molecule has 1 aromatic carbocycles. The number of benzene rings is 1. The number of hydrogen-bond acceptors (Lipinski definition) is 2.